The van der Waals surface area contributed by atoms with Gasteiger partial charge in [0.1, 0.15) is 18.0 Å². The molecule has 0 unspecified atom stereocenters. The molecule has 0 atom stereocenters. The van der Waals surface area contributed by atoms with Crippen molar-refractivity contribution < 1.29 is 4.79 Å². The number of likely N-dealkylation sites (tertiary alicyclic amines) is 1. The van der Waals surface area contributed by atoms with Gasteiger partial charge in [-0.2, -0.15) is 0 Å². The van der Waals surface area contributed by atoms with Crippen LogP contribution >= 0.6 is 0 Å². The topological polar surface area (TPSA) is 98.3 Å². The highest BCUT2D eigenvalue weighted by molar-refractivity contribution is 5.91. The van der Waals surface area contributed by atoms with E-state index in [0.717, 1.165) is 24.5 Å². The lowest BCUT2D eigenvalue weighted by molar-refractivity contribution is 0.0704. The van der Waals surface area contributed by atoms with Crippen molar-refractivity contribution in [2.75, 3.05) is 37.0 Å². The van der Waals surface area contributed by atoms with Gasteiger partial charge < -0.3 is 19.7 Å². The third-order valence-electron chi connectivity index (χ3n) is 5.36. The summed E-state index contributed by atoms with van der Waals surface area (Å²) in [5.41, 5.74) is -0.474. The highest BCUT2D eigenvalue weighted by atomic mass is 16.2. The van der Waals surface area contributed by atoms with Crippen molar-refractivity contribution in [3.05, 3.63) is 40.8 Å². The van der Waals surface area contributed by atoms with Crippen LogP contribution in [0.3, 0.4) is 0 Å². The number of nitrogens with zero attached hydrogens (tertiary/aromatic N) is 6. The molecule has 28 heavy (non-hydrogen) atoms. The molecule has 148 valence electrons. The van der Waals surface area contributed by atoms with E-state index < -0.39 is 5.56 Å². The molecule has 1 amide bonds. The number of carbonyl (C=O) groups excluding carboxylic acids is 1. The molecule has 1 saturated heterocycles. The average molecular weight is 383 g/mol. The van der Waals surface area contributed by atoms with Crippen molar-refractivity contribution >= 4 is 17.5 Å². The Balaban J connectivity index is 1.47. The molecule has 0 bridgehead atoms. The van der Waals surface area contributed by atoms with E-state index in [1.54, 1.807) is 11.2 Å². The summed E-state index contributed by atoms with van der Waals surface area (Å²) in [5.74, 6) is 1.54. The molecule has 0 aromatic carbocycles. The largest absolute Gasteiger partial charge is 0.363 e. The molecule has 2 aliphatic rings. The lowest BCUT2D eigenvalue weighted by Crippen LogP contribution is -2.48. The van der Waals surface area contributed by atoms with Gasteiger partial charge in [-0.15, -0.1) is 0 Å². The molecule has 1 aliphatic heterocycles. The predicted octanol–water partition coefficient (Wildman–Crippen LogP) is 0.900. The van der Waals surface area contributed by atoms with Crippen LogP contribution in [-0.2, 0) is 0 Å². The second-order valence-electron chi connectivity index (χ2n) is 7.56. The number of hydrogen-bond donors (Lipinski definition) is 1. The summed E-state index contributed by atoms with van der Waals surface area (Å²) in [6.45, 7) is 1.21. The minimum absolute atomic E-state index is 0.0357. The maximum absolute atomic E-state index is 12.6. The van der Waals surface area contributed by atoms with Crippen molar-refractivity contribution in [1.29, 1.82) is 0 Å². The number of hydrogen-bond acceptors (Lipinski definition) is 7. The van der Waals surface area contributed by atoms with Gasteiger partial charge in [0, 0.05) is 57.7 Å². The first-order valence-electron chi connectivity index (χ1n) is 9.65. The molecule has 9 heteroatoms. The number of carbonyl (C=O) groups is 1. The fourth-order valence-electron chi connectivity index (χ4n) is 3.75. The average Bonchev–Trinajstić information content (AvgIpc) is 3.54. The van der Waals surface area contributed by atoms with E-state index >= 15 is 0 Å². The number of amides is 1. The molecule has 4 rings (SSSR count). The van der Waals surface area contributed by atoms with Crippen LogP contribution < -0.4 is 15.4 Å². The van der Waals surface area contributed by atoms with Crippen LogP contribution in [0.1, 0.15) is 36.2 Å². The summed E-state index contributed by atoms with van der Waals surface area (Å²) >= 11 is 0. The van der Waals surface area contributed by atoms with Gasteiger partial charge in [0.15, 0.2) is 5.69 Å². The van der Waals surface area contributed by atoms with E-state index in [0.29, 0.717) is 25.2 Å². The standard InChI is InChI=1S/C19H25N7O2/c1-24(2)15-11-16(23-12-22-15)26(13-3-4-13)14-5-9-25(10-6-14)19(28)17-18(27)21-8-7-20-17/h7-8,11-14H,3-6,9-10H2,1-2H3,(H,21,27). The third kappa shape index (κ3) is 3.69. The van der Waals surface area contributed by atoms with E-state index in [1.165, 1.54) is 25.2 Å². The zero-order valence-electron chi connectivity index (χ0n) is 16.2. The van der Waals surface area contributed by atoms with Crippen molar-refractivity contribution in [2.45, 2.75) is 37.8 Å². The Morgan fingerprint density at radius 1 is 1.07 bits per heavy atom. The fourth-order valence-corrected chi connectivity index (χ4v) is 3.75. The van der Waals surface area contributed by atoms with Gasteiger partial charge in [-0.25, -0.2) is 15.0 Å². The van der Waals surface area contributed by atoms with Gasteiger partial charge in [-0.3, -0.25) is 9.59 Å². The minimum atomic E-state index is -0.438. The minimum Gasteiger partial charge on any atom is -0.363 e. The number of aromatic nitrogens is 4. The molecule has 0 radical (unpaired) electrons. The van der Waals surface area contributed by atoms with Gasteiger partial charge in [0.05, 0.1) is 0 Å². The lowest BCUT2D eigenvalue weighted by Gasteiger charge is -2.39. The Bertz CT molecular complexity index is 901. The fraction of sp³-hybridized carbons (Fsp3) is 0.526. The van der Waals surface area contributed by atoms with E-state index in [4.69, 9.17) is 0 Å². The summed E-state index contributed by atoms with van der Waals surface area (Å²) in [5, 5.41) is 0. The molecule has 3 heterocycles. The smallest absolute Gasteiger partial charge is 0.279 e. The Morgan fingerprint density at radius 3 is 2.39 bits per heavy atom. The molecule has 0 spiro atoms. The second kappa shape index (κ2) is 7.57. The zero-order valence-corrected chi connectivity index (χ0v) is 16.2. The summed E-state index contributed by atoms with van der Waals surface area (Å²) in [4.78, 5) is 45.9. The summed E-state index contributed by atoms with van der Waals surface area (Å²) in [6.07, 6.45) is 8.51. The summed E-state index contributed by atoms with van der Waals surface area (Å²) < 4.78 is 0. The van der Waals surface area contributed by atoms with E-state index in [2.05, 4.69) is 24.8 Å². The van der Waals surface area contributed by atoms with E-state index in [-0.39, 0.29) is 11.6 Å². The highest BCUT2D eigenvalue weighted by Gasteiger charge is 2.37. The maximum atomic E-state index is 12.6. The van der Waals surface area contributed by atoms with Crippen LogP contribution in [-0.4, -0.2) is 70.0 Å². The van der Waals surface area contributed by atoms with Crippen molar-refractivity contribution in [2.24, 2.45) is 0 Å². The van der Waals surface area contributed by atoms with Gasteiger partial charge in [-0.1, -0.05) is 0 Å². The van der Waals surface area contributed by atoms with Crippen LogP contribution in [0.4, 0.5) is 11.6 Å². The predicted molar refractivity (Wildman–Crippen MR) is 106 cm³/mol. The number of H-pyrrole nitrogens is 1. The summed E-state index contributed by atoms with van der Waals surface area (Å²) in [6, 6.07) is 2.86. The van der Waals surface area contributed by atoms with Gasteiger partial charge in [0.2, 0.25) is 0 Å². The monoisotopic (exact) mass is 383 g/mol. The van der Waals surface area contributed by atoms with Gasteiger partial charge >= 0.3 is 0 Å². The molecule has 1 saturated carbocycles. The normalized spacial score (nSPS) is 17.4. The number of anilines is 2. The summed E-state index contributed by atoms with van der Waals surface area (Å²) in [7, 11) is 3.94. The first kappa shape index (κ1) is 18.4. The highest BCUT2D eigenvalue weighted by Crippen LogP contribution is 2.36. The molecule has 1 aliphatic carbocycles. The molecular weight excluding hydrogens is 358 g/mol. The Morgan fingerprint density at radius 2 is 1.75 bits per heavy atom. The van der Waals surface area contributed by atoms with E-state index in [1.807, 2.05) is 25.1 Å². The van der Waals surface area contributed by atoms with Gasteiger partial charge in [0.25, 0.3) is 11.5 Å². The molecule has 2 aromatic rings. The number of piperidine rings is 1. The molecule has 1 N–H and O–H groups in total. The van der Waals surface area contributed by atoms with Crippen LogP contribution in [0.5, 0.6) is 0 Å². The van der Waals surface area contributed by atoms with Crippen molar-refractivity contribution in [3.8, 4) is 0 Å². The molecule has 9 nitrogen and oxygen atoms in total. The van der Waals surface area contributed by atoms with Crippen LogP contribution in [0.15, 0.2) is 29.6 Å². The second-order valence-corrected chi connectivity index (χ2v) is 7.56. The third-order valence-corrected chi connectivity index (χ3v) is 5.36. The SMILES string of the molecule is CN(C)c1cc(N(C2CC2)C2CCN(C(=O)c3ncc[nH]c3=O)CC2)ncn1. The van der Waals surface area contributed by atoms with Crippen LogP contribution in [0, 0.1) is 0 Å². The first-order valence-corrected chi connectivity index (χ1v) is 9.65. The molecule has 2 aromatic heterocycles. The van der Waals surface area contributed by atoms with Crippen molar-refractivity contribution in [3.63, 3.8) is 0 Å². The molecular formula is C19H25N7O2. The molecule has 2 fully saturated rings. The Labute approximate surface area is 163 Å². The van der Waals surface area contributed by atoms with E-state index in [9.17, 15) is 9.59 Å². The number of rotatable bonds is 5. The Kier molecular flexibility index (Phi) is 4.97. The number of aromatic amines is 1. The quantitative estimate of drug-likeness (QED) is 0.819. The van der Waals surface area contributed by atoms with Crippen LogP contribution in [0.25, 0.3) is 0 Å². The Hall–Kier alpha value is -2.97. The van der Waals surface area contributed by atoms with Gasteiger partial charge in [-0.05, 0) is 25.7 Å². The van der Waals surface area contributed by atoms with Crippen LogP contribution in [0.2, 0.25) is 0 Å². The van der Waals surface area contributed by atoms with Crippen molar-refractivity contribution in [1.82, 2.24) is 24.8 Å². The number of nitrogens with one attached hydrogen (secondary N) is 1. The first-order chi connectivity index (χ1) is 13.5. The zero-order chi connectivity index (χ0) is 19.7. The maximum Gasteiger partial charge on any atom is 0.279 e. The lowest BCUT2D eigenvalue weighted by atomic mass is 10.0.